The van der Waals surface area contributed by atoms with Gasteiger partial charge < -0.3 is 14.8 Å². The Kier molecular flexibility index (Phi) is 7.42. The van der Waals surface area contributed by atoms with E-state index in [9.17, 15) is 19.7 Å². The number of hydrogen-bond donors (Lipinski definition) is 1. The van der Waals surface area contributed by atoms with Crippen molar-refractivity contribution in [2.45, 2.75) is 6.92 Å². The minimum absolute atomic E-state index is 0.139. The van der Waals surface area contributed by atoms with Crippen LogP contribution in [0.3, 0.4) is 0 Å². The van der Waals surface area contributed by atoms with Gasteiger partial charge in [-0.1, -0.05) is 0 Å². The second-order valence-corrected chi connectivity index (χ2v) is 5.60. The second-order valence-electron chi connectivity index (χ2n) is 3.89. The van der Waals surface area contributed by atoms with Crippen LogP contribution in [0.1, 0.15) is 6.92 Å². The van der Waals surface area contributed by atoms with Crippen molar-refractivity contribution in [1.29, 1.82) is 0 Å². The van der Waals surface area contributed by atoms with Gasteiger partial charge in [0.15, 0.2) is 6.61 Å². The number of ether oxygens (including phenoxy) is 2. The molecule has 1 amide bonds. The zero-order chi connectivity index (χ0) is 16.7. The summed E-state index contributed by atoms with van der Waals surface area (Å²) in [5.74, 6) is -1.24. The van der Waals surface area contributed by atoms with Crippen molar-refractivity contribution >= 4 is 55.1 Å². The Morgan fingerprint density at radius 3 is 2.36 bits per heavy atom. The first-order valence-corrected chi connectivity index (χ1v) is 7.60. The van der Waals surface area contributed by atoms with E-state index in [0.717, 1.165) is 0 Å². The van der Waals surface area contributed by atoms with Crippen molar-refractivity contribution < 1.29 is 24.0 Å². The summed E-state index contributed by atoms with van der Waals surface area (Å²) in [4.78, 5) is 33.1. The summed E-state index contributed by atoms with van der Waals surface area (Å²) in [6, 6.07) is 2.50. The number of rotatable bonds is 7. The van der Waals surface area contributed by atoms with Gasteiger partial charge >= 0.3 is 5.97 Å². The van der Waals surface area contributed by atoms with Gasteiger partial charge in [0.1, 0.15) is 6.61 Å². The molecule has 0 aliphatic rings. The van der Waals surface area contributed by atoms with Crippen LogP contribution in [0.25, 0.3) is 0 Å². The first-order chi connectivity index (χ1) is 10.3. The van der Waals surface area contributed by atoms with Crippen molar-refractivity contribution in [3.63, 3.8) is 0 Å². The fourth-order valence-electron chi connectivity index (χ4n) is 1.33. The Morgan fingerprint density at radius 1 is 1.27 bits per heavy atom. The molecule has 120 valence electrons. The third kappa shape index (κ3) is 5.70. The van der Waals surface area contributed by atoms with Crippen LogP contribution in [0.4, 0.5) is 11.4 Å². The summed E-state index contributed by atoms with van der Waals surface area (Å²) in [5, 5.41) is 13.2. The fraction of sp³-hybridized carbons (Fsp3) is 0.333. The highest BCUT2D eigenvalue weighted by Gasteiger charge is 2.16. The van der Waals surface area contributed by atoms with E-state index in [4.69, 9.17) is 9.47 Å². The van der Waals surface area contributed by atoms with E-state index in [-0.39, 0.29) is 12.3 Å². The normalized spacial score (nSPS) is 10.1. The number of halogens is 2. The van der Waals surface area contributed by atoms with Crippen LogP contribution in [0.5, 0.6) is 0 Å². The van der Waals surface area contributed by atoms with Crippen LogP contribution < -0.4 is 5.32 Å². The molecule has 0 bridgehead atoms. The lowest BCUT2D eigenvalue weighted by Gasteiger charge is -2.10. The maximum absolute atomic E-state index is 11.7. The van der Waals surface area contributed by atoms with Gasteiger partial charge in [-0.15, -0.1) is 0 Å². The van der Waals surface area contributed by atoms with E-state index >= 15 is 0 Å². The summed E-state index contributed by atoms with van der Waals surface area (Å²) in [6.45, 7) is 1.38. The maximum Gasteiger partial charge on any atom is 0.332 e. The molecule has 0 aliphatic heterocycles. The molecule has 1 N–H and O–H groups in total. The predicted molar refractivity (Wildman–Crippen MR) is 84.6 cm³/mol. The van der Waals surface area contributed by atoms with E-state index < -0.39 is 23.4 Å². The molecule has 0 spiro atoms. The average molecular weight is 440 g/mol. The molecule has 0 aromatic heterocycles. The molecule has 1 aromatic carbocycles. The fourth-order valence-corrected chi connectivity index (χ4v) is 2.69. The lowest BCUT2D eigenvalue weighted by molar-refractivity contribution is -0.385. The van der Waals surface area contributed by atoms with E-state index in [0.29, 0.717) is 21.2 Å². The predicted octanol–water partition coefficient (Wildman–Crippen LogP) is 2.64. The number of carbonyl (C=O) groups excluding carboxylic acids is 2. The number of hydrogen-bond acceptors (Lipinski definition) is 6. The minimum Gasteiger partial charge on any atom is -0.454 e. The van der Waals surface area contributed by atoms with Gasteiger partial charge in [0.25, 0.3) is 11.6 Å². The number of amides is 1. The zero-order valence-corrected chi connectivity index (χ0v) is 14.6. The number of nitro benzene ring substituents is 1. The molecular formula is C12H12Br2N2O6. The van der Waals surface area contributed by atoms with Crippen LogP contribution in [-0.2, 0) is 19.1 Å². The Hall–Kier alpha value is -1.52. The van der Waals surface area contributed by atoms with E-state index in [2.05, 4.69) is 37.2 Å². The number of nitrogens with zero attached hydrogens (tertiary/aromatic N) is 1. The Bertz CT molecular complexity index is 570. The first-order valence-electron chi connectivity index (χ1n) is 6.01. The summed E-state index contributed by atoms with van der Waals surface area (Å²) in [5.41, 5.74) is 0.163. The molecule has 10 heteroatoms. The molecule has 8 nitrogen and oxygen atoms in total. The molecule has 1 rings (SSSR count). The van der Waals surface area contributed by atoms with Crippen LogP contribution in [-0.4, -0.2) is 36.6 Å². The third-order valence-electron chi connectivity index (χ3n) is 2.29. The van der Waals surface area contributed by atoms with Crippen molar-refractivity contribution in [1.82, 2.24) is 0 Å². The topological polar surface area (TPSA) is 108 Å². The van der Waals surface area contributed by atoms with Gasteiger partial charge in [0, 0.05) is 27.7 Å². The largest absolute Gasteiger partial charge is 0.454 e. The van der Waals surface area contributed by atoms with Gasteiger partial charge in [-0.05, 0) is 38.8 Å². The number of anilines is 1. The van der Waals surface area contributed by atoms with Crippen LogP contribution in [0, 0.1) is 10.1 Å². The molecule has 22 heavy (non-hydrogen) atoms. The van der Waals surface area contributed by atoms with Gasteiger partial charge in [-0.25, -0.2) is 4.79 Å². The third-order valence-corrected chi connectivity index (χ3v) is 3.54. The molecule has 0 saturated heterocycles. The first kappa shape index (κ1) is 18.5. The molecule has 0 unspecified atom stereocenters. The van der Waals surface area contributed by atoms with Crippen molar-refractivity contribution in [3.05, 3.63) is 31.2 Å². The number of nitrogens with one attached hydrogen (secondary N) is 1. The highest BCUT2D eigenvalue weighted by molar-refractivity contribution is 9.11. The quantitative estimate of drug-likeness (QED) is 0.397. The molecule has 0 saturated carbocycles. The van der Waals surface area contributed by atoms with Crippen LogP contribution in [0.2, 0.25) is 0 Å². The number of esters is 1. The summed E-state index contributed by atoms with van der Waals surface area (Å²) in [7, 11) is 0. The number of benzene rings is 1. The monoisotopic (exact) mass is 438 g/mol. The highest BCUT2D eigenvalue weighted by atomic mass is 79.9. The van der Waals surface area contributed by atoms with Gasteiger partial charge in [-0.3, -0.25) is 14.9 Å². The molecule has 0 heterocycles. The molecule has 0 aliphatic carbocycles. The van der Waals surface area contributed by atoms with Crippen molar-refractivity contribution in [3.8, 4) is 0 Å². The zero-order valence-electron chi connectivity index (χ0n) is 11.4. The number of nitro groups is 1. The van der Waals surface area contributed by atoms with E-state index in [1.165, 1.54) is 12.1 Å². The molecular weight excluding hydrogens is 428 g/mol. The number of non-ortho nitro benzene ring substituents is 1. The molecule has 0 atom stereocenters. The standard InChI is InChI=1S/C12H12Br2N2O6/c1-2-21-6-11(18)22-5-10(17)15-12-8(13)3-7(16(19)20)4-9(12)14/h3-4H,2,5-6H2,1H3,(H,15,17). The number of carbonyl (C=O) groups is 2. The second kappa shape index (κ2) is 8.81. The van der Waals surface area contributed by atoms with Crippen molar-refractivity contribution in [2.24, 2.45) is 0 Å². The van der Waals surface area contributed by atoms with E-state index in [1.54, 1.807) is 6.92 Å². The molecule has 1 aromatic rings. The van der Waals surface area contributed by atoms with Gasteiger partial charge in [-0.2, -0.15) is 0 Å². The Morgan fingerprint density at radius 2 is 1.86 bits per heavy atom. The van der Waals surface area contributed by atoms with Gasteiger partial charge in [0.2, 0.25) is 0 Å². The summed E-state index contributed by atoms with van der Waals surface area (Å²) in [6.07, 6.45) is 0. The molecule has 0 fully saturated rings. The van der Waals surface area contributed by atoms with E-state index in [1.807, 2.05) is 0 Å². The lowest BCUT2D eigenvalue weighted by Crippen LogP contribution is -2.23. The lowest BCUT2D eigenvalue weighted by atomic mass is 10.3. The minimum atomic E-state index is -0.654. The maximum atomic E-state index is 11.7. The average Bonchev–Trinajstić information content (AvgIpc) is 2.46. The van der Waals surface area contributed by atoms with Crippen LogP contribution >= 0.6 is 31.9 Å². The van der Waals surface area contributed by atoms with Crippen LogP contribution in [0.15, 0.2) is 21.1 Å². The highest BCUT2D eigenvalue weighted by Crippen LogP contribution is 2.35. The summed E-state index contributed by atoms with van der Waals surface area (Å²) < 4.78 is 10.2. The molecule has 0 radical (unpaired) electrons. The Balaban J connectivity index is 2.65. The Labute approximate surface area is 142 Å². The van der Waals surface area contributed by atoms with Gasteiger partial charge in [0.05, 0.1) is 10.6 Å². The smallest absolute Gasteiger partial charge is 0.332 e. The van der Waals surface area contributed by atoms with Crippen molar-refractivity contribution in [2.75, 3.05) is 25.1 Å². The SMILES string of the molecule is CCOCC(=O)OCC(=O)Nc1c(Br)cc([N+](=O)[O-])cc1Br. The summed E-state index contributed by atoms with van der Waals surface area (Å²) >= 11 is 6.26.